The summed E-state index contributed by atoms with van der Waals surface area (Å²) in [5, 5.41) is 3.82. The second-order valence-corrected chi connectivity index (χ2v) is 6.31. The van der Waals surface area contributed by atoms with Crippen molar-refractivity contribution >= 4 is 10.0 Å². The minimum atomic E-state index is -3.47. The minimum absolute atomic E-state index is 0.169. The zero-order chi connectivity index (χ0) is 12.4. The first kappa shape index (κ1) is 13.1. The first-order valence-corrected chi connectivity index (χ1v) is 6.43. The van der Waals surface area contributed by atoms with Crippen molar-refractivity contribution in [3.05, 3.63) is 12.4 Å². The van der Waals surface area contributed by atoms with E-state index in [0.717, 1.165) is 0 Å². The molecule has 6 nitrogen and oxygen atoms in total. The van der Waals surface area contributed by atoms with Gasteiger partial charge in [-0.15, -0.1) is 0 Å². The van der Waals surface area contributed by atoms with Gasteiger partial charge in [0.1, 0.15) is 4.90 Å². The van der Waals surface area contributed by atoms with E-state index in [1.807, 2.05) is 13.8 Å². The Morgan fingerprint density at radius 2 is 2.19 bits per heavy atom. The predicted molar refractivity (Wildman–Crippen MR) is 61.2 cm³/mol. The van der Waals surface area contributed by atoms with Crippen LogP contribution >= 0.6 is 0 Å². The number of hydrogen-bond acceptors (Lipinski definition) is 4. The summed E-state index contributed by atoms with van der Waals surface area (Å²) in [5.41, 5.74) is 5.27. The molecule has 0 aliphatic carbocycles. The second kappa shape index (κ2) is 4.52. The number of sulfonamides is 1. The van der Waals surface area contributed by atoms with Crippen molar-refractivity contribution in [1.29, 1.82) is 0 Å². The molecule has 0 fully saturated rings. The fourth-order valence-corrected chi connectivity index (χ4v) is 2.21. The molecule has 1 aromatic rings. The topological polar surface area (TPSA) is 90.0 Å². The summed E-state index contributed by atoms with van der Waals surface area (Å²) in [7, 11) is -1.80. The smallest absolute Gasteiger partial charge is 0.243 e. The molecule has 16 heavy (non-hydrogen) atoms. The van der Waals surface area contributed by atoms with Crippen molar-refractivity contribution in [3.8, 4) is 0 Å². The maximum Gasteiger partial charge on any atom is 0.243 e. The standard InChI is InChI=1S/C9H18N4O2S/c1-9(2,6-10)7-12-16(14,15)8-4-11-13(3)5-8/h4-5,12H,6-7,10H2,1-3H3. The van der Waals surface area contributed by atoms with Crippen LogP contribution in [0.5, 0.6) is 0 Å². The van der Waals surface area contributed by atoms with Crippen molar-refractivity contribution in [2.75, 3.05) is 13.1 Å². The van der Waals surface area contributed by atoms with Gasteiger partial charge in [-0.25, -0.2) is 13.1 Å². The molecule has 1 rings (SSSR count). The van der Waals surface area contributed by atoms with Crippen molar-refractivity contribution in [2.45, 2.75) is 18.7 Å². The van der Waals surface area contributed by atoms with E-state index in [1.165, 1.54) is 17.1 Å². The molecule has 0 unspecified atom stereocenters. The summed E-state index contributed by atoms with van der Waals surface area (Å²) in [6.45, 7) is 4.53. The Kier molecular flexibility index (Phi) is 3.72. The number of nitrogens with zero attached hydrogens (tertiary/aromatic N) is 2. The molecule has 0 aromatic carbocycles. The largest absolute Gasteiger partial charge is 0.330 e. The number of nitrogens with one attached hydrogen (secondary N) is 1. The molecule has 0 saturated carbocycles. The van der Waals surface area contributed by atoms with E-state index in [0.29, 0.717) is 13.1 Å². The number of rotatable bonds is 5. The Morgan fingerprint density at radius 3 is 2.62 bits per heavy atom. The van der Waals surface area contributed by atoms with Crippen molar-refractivity contribution in [3.63, 3.8) is 0 Å². The van der Waals surface area contributed by atoms with Gasteiger partial charge in [-0.05, 0) is 12.0 Å². The van der Waals surface area contributed by atoms with Crippen LogP contribution in [0.2, 0.25) is 0 Å². The fraction of sp³-hybridized carbons (Fsp3) is 0.667. The number of hydrogen-bond donors (Lipinski definition) is 2. The van der Waals surface area contributed by atoms with Crippen LogP contribution in [0.1, 0.15) is 13.8 Å². The summed E-state index contributed by atoms with van der Waals surface area (Å²) in [6, 6.07) is 0. The molecule has 0 atom stereocenters. The van der Waals surface area contributed by atoms with Crippen molar-refractivity contribution in [1.82, 2.24) is 14.5 Å². The van der Waals surface area contributed by atoms with Gasteiger partial charge < -0.3 is 5.73 Å². The maximum atomic E-state index is 11.8. The Morgan fingerprint density at radius 1 is 1.56 bits per heavy atom. The summed E-state index contributed by atoms with van der Waals surface area (Å²) in [4.78, 5) is 0.169. The Balaban J connectivity index is 2.74. The number of aryl methyl sites for hydroxylation is 1. The van der Waals surface area contributed by atoms with Gasteiger partial charge in [-0.2, -0.15) is 5.10 Å². The third-order valence-corrected chi connectivity index (χ3v) is 3.64. The number of nitrogens with two attached hydrogens (primary N) is 1. The SMILES string of the molecule is Cn1cc(S(=O)(=O)NCC(C)(C)CN)cn1. The summed E-state index contributed by atoms with van der Waals surface area (Å²) >= 11 is 0. The Bertz CT molecular complexity index is 450. The zero-order valence-corrected chi connectivity index (χ0v) is 10.6. The lowest BCUT2D eigenvalue weighted by molar-refractivity contribution is 0.376. The molecule has 3 N–H and O–H groups in total. The highest BCUT2D eigenvalue weighted by atomic mass is 32.2. The highest BCUT2D eigenvalue weighted by Gasteiger charge is 2.21. The summed E-state index contributed by atoms with van der Waals surface area (Å²) in [5.74, 6) is 0. The molecule has 0 spiro atoms. The maximum absolute atomic E-state index is 11.8. The number of aromatic nitrogens is 2. The normalized spacial score (nSPS) is 13.0. The second-order valence-electron chi connectivity index (χ2n) is 4.54. The van der Waals surface area contributed by atoms with E-state index >= 15 is 0 Å². The first-order valence-electron chi connectivity index (χ1n) is 4.95. The molecule has 0 aliphatic heterocycles. The summed E-state index contributed by atoms with van der Waals surface area (Å²) in [6.07, 6.45) is 2.77. The molecular weight excluding hydrogens is 228 g/mol. The third-order valence-electron chi connectivity index (χ3n) is 2.28. The van der Waals surface area contributed by atoms with Gasteiger partial charge >= 0.3 is 0 Å². The van der Waals surface area contributed by atoms with Crippen LogP contribution in [0.15, 0.2) is 17.3 Å². The molecule has 1 aromatic heterocycles. The first-order chi connectivity index (χ1) is 7.27. The molecule has 7 heteroatoms. The lowest BCUT2D eigenvalue weighted by Gasteiger charge is -2.22. The minimum Gasteiger partial charge on any atom is -0.330 e. The average Bonchev–Trinajstić information content (AvgIpc) is 2.63. The van der Waals surface area contributed by atoms with E-state index < -0.39 is 10.0 Å². The molecule has 0 radical (unpaired) electrons. The van der Waals surface area contributed by atoms with E-state index in [1.54, 1.807) is 7.05 Å². The van der Waals surface area contributed by atoms with E-state index in [2.05, 4.69) is 9.82 Å². The fourth-order valence-electron chi connectivity index (χ4n) is 0.983. The van der Waals surface area contributed by atoms with Crippen molar-refractivity contribution in [2.24, 2.45) is 18.2 Å². The zero-order valence-electron chi connectivity index (χ0n) is 9.77. The molecule has 0 bridgehead atoms. The highest BCUT2D eigenvalue weighted by Crippen LogP contribution is 2.13. The lowest BCUT2D eigenvalue weighted by Crippen LogP contribution is -2.38. The van der Waals surface area contributed by atoms with E-state index in [4.69, 9.17) is 5.73 Å². The molecule has 0 aliphatic rings. The monoisotopic (exact) mass is 246 g/mol. The Labute approximate surface area is 95.9 Å². The average molecular weight is 246 g/mol. The van der Waals surface area contributed by atoms with Gasteiger partial charge in [0.15, 0.2) is 0 Å². The van der Waals surface area contributed by atoms with Crippen LogP contribution in [-0.2, 0) is 17.1 Å². The van der Waals surface area contributed by atoms with Gasteiger partial charge in [0.25, 0.3) is 0 Å². The van der Waals surface area contributed by atoms with Crippen LogP contribution in [0.4, 0.5) is 0 Å². The third kappa shape index (κ3) is 3.29. The lowest BCUT2D eigenvalue weighted by atomic mass is 9.95. The van der Waals surface area contributed by atoms with Gasteiger partial charge in [0, 0.05) is 19.8 Å². The summed E-state index contributed by atoms with van der Waals surface area (Å²) < 4.78 is 27.6. The van der Waals surface area contributed by atoms with Crippen LogP contribution in [0.25, 0.3) is 0 Å². The Hall–Kier alpha value is -0.920. The molecule has 0 saturated heterocycles. The van der Waals surface area contributed by atoms with Crippen LogP contribution in [0.3, 0.4) is 0 Å². The van der Waals surface area contributed by atoms with E-state index in [-0.39, 0.29) is 10.3 Å². The van der Waals surface area contributed by atoms with E-state index in [9.17, 15) is 8.42 Å². The highest BCUT2D eigenvalue weighted by molar-refractivity contribution is 7.89. The van der Waals surface area contributed by atoms with Gasteiger partial charge in [-0.3, -0.25) is 4.68 Å². The molecular formula is C9H18N4O2S. The molecule has 1 heterocycles. The quantitative estimate of drug-likeness (QED) is 0.745. The van der Waals surface area contributed by atoms with Crippen molar-refractivity contribution < 1.29 is 8.42 Å². The van der Waals surface area contributed by atoms with Crippen LogP contribution in [0, 0.1) is 5.41 Å². The van der Waals surface area contributed by atoms with Gasteiger partial charge in [0.2, 0.25) is 10.0 Å². The predicted octanol–water partition coefficient (Wildman–Crippen LogP) is -0.317. The van der Waals surface area contributed by atoms with Gasteiger partial charge in [-0.1, -0.05) is 13.8 Å². The van der Waals surface area contributed by atoms with Crippen LogP contribution < -0.4 is 10.5 Å². The van der Waals surface area contributed by atoms with Gasteiger partial charge in [0.05, 0.1) is 6.20 Å². The van der Waals surface area contributed by atoms with Crippen LogP contribution in [-0.4, -0.2) is 31.3 Å². The molecule has 92 valence electrons. The molecule has 0 amide bonds.